The molecule has 0 bridgehead atoms. The van der Waals surface area contributed by atoms with Gasteiger partial charge in [-0.05, 0) is 5.56 Å². The molecule has 0 aliphatic heterocycles. The topological polar surface area (TPSA) is 75.6 Å². The molecule has 1 rings (SSSR count). The van der Waals surface area contributed by atoms with Gasteiger partial charge in [0.05, 0.1) is 6.61 Å². The van der Waals surface area contributed by atoms with Crippen LogP contribution in [-0.2, 0) is 16.1 Å². The van der Waals surface area contributed by atoms with Crippen LogP contribution in [0.25, 0.3) is 0 Å². The molecular weight excluding hydrogens is 210 g/mol. The first-order valence-corrected chi connectivity index (χ1v) is 4.79. The number of hydrogen-bond donors (Lipinski definition) is 2. The van der Waals surface area contributed by atoms with Crippen molar-refractivity contribution in [3.8, 4) is 0 Å². The van der Waals surface area contributed by atoms with Crippen LogP contribution in [0.2, 0.25) is 0 Å². The molecule has 0 fully saturated rings. The van der Waals surface area contributed by atoms with Crippen LogP contribution in [-0.4, -0.2) is 30.1 Å². The highest BCUT2D eigenvalue weighted by atomic mass is 16.5. The molecular formula is C11H13NO4. The Morgan fingerprint density at radius 1 is 1.44 bits per heavy atom. The summed E-state index contributed by atoms with van der Waals surface area (Å²) in [5.41, 5.74) is 0.851. The Balaban J connectivity index is 2.33. The lowest BCUT2D eigenvalue weighted by Crippen LogP contribution is -2.38. The second kappa shape index (κ2) is 6.58. The number of benzene rings is 1. The second-order valence-electron chi connectivity index (χ2n) is 3.13. The highest BCUT2D eigenvalue weighted by Crippen LogP contribution is 2.00. The van der Waals surface area contributed by atoms with E-state index in [9.17, 15) is 9.59 Å². The van der Waals surface area contributed by atoms with Crippen molar-refractivity contribution in [2.24, 2.45) is 0 Å². The summed E-state index contributed by atoms with van der Waals surface area (Å²) in [5, 5.41) is 10.9. The summed E-state index contributed by atoms with van der Waals surface area (Å²) in [4.78, 5) is 21.5. The van der Waals surface area contributed by atoms with E-state index in [1.54, 1.807) is 0 Å². The van der Waals surface area contributed by atoms with Gasteiger partial charge in [0.25, 0.3) is 0 Å². The fourth-order valence-corrected chi connectivity index (χ4v) is 1.04. The van der Waals surface area contributed by atoms with E-state index in [1.807, 2.05) is 30.3 Å². The molecule has 0 heterocycles. The predicted molar refractivity (Wildman–Crippen MR) is 56.7 cm³/mol. The van der Waals surface area contributed by atoms with Gasteiger partial charge >= 0.3 is 6.09 Å². The van der Waals surface area contributed by atoms with E-state index in [2.05, 4.69) is 5.32 Å². The van der Waals surface area contributed by atoms with Gasteiger partial charge in [0.2, 0.25) is 0 Å². The standard InChI is InChI=1S/C11H13NO4/c13-6-10(7-14)12-11(15)16-8-9-4-2-1-3-5-9/h1-6,10,14H,7-8H2,(H,12,15)/t10-/m0/s1. The zero-order valence-corrected chi connectivity index (χ0v) is 8.63. The third-order valence-corrected chi connectivity index (χ3v) is 1.88. The first kappa shape index (κ1) is 12.2. The maximum Gasteiger partial charge on any atom is 0.408 e. The van der Waals surface area contributed by atoms with Crippen LogP contribution in [0, 0.1) is 0 Å². The fourth-order valence-electron chi connectivity index (χ4n) is 1.04. The minimum atomic E-state index is -0.914. The number of aldehydes is 1. The van der Waals surface area contributed by atoms with Gasteiger partial charge < -0.3 is 20.0 Å². The molecule has 1 aromatic rings. The Morgan fingerprint density at radius 3 is 2.69 bits per heavy atom. The molecule has 0 aliphatic carbocycles. The molecule has 5 heteroatoms. The Hall–Kier alpha value is -1.88. The molecule has 0 spiro atoms. The molecule has 1 aromatic carbocycles. The van der Waals surface area contributed by atoms with Crippen LogP contribution >= 0.6 is 0 Å². The monoisotopic (exact) mass is 223 g/mol. The van der Waals surface area contributed by atoms with Gasteiger partial charge in [0.1, 0.15) is 18.9 Å². The van der Waals surface area contributed by atoms with Crippen molar-refractivity contribution >= 4 is 12.4 Å². The zero-order valence-electron chi connectivity index (χ0n) is 8.63. The van der Waals surface area contributed by atoms with Gasteiger partial charge in [0.15, 0.2) is 0 Å². The SMILES string of the molecule is O=C[C@@H](CO)NC(=O)OCc1ccccc1. The molecule has 1 atom stereocenters. The minimum absolute atomic E-state index is 0.129. The van der Waals surface area contributed by atoms with Gasteiger partial charge in [-0.15, -0.1) is 0 Å². The van der Waals surface area contributed by atoms with E-state index < -0.39 is 18.7 Å². The quantitative estimate of drug-likeness (QED) is 0.711. The van der Waals surface area contributed by atoms with E-state index in [-0.39, 0.29) is 6.61 Å². The second-order valence-corrected chi connectivity index (χ2v) is 3.13. The molecule has 0 saturated carbocycles. The highest BCUT2D eigenvalue weighted by Gasteiger charge is 2.10. The van der Waals surface area contributed by atoms with Crippen molar-refractivity contribution < 1.29 is 19.4 Å². The van der Waals surface area contributed by atoms with E-state index >= 15 is 0 Å². The van der Waals surface area contributed by atoms with Crippen molar-refractivity contribution in [3.05, 3.63) is 35.9 Å². The number of ether oxygens (including phenoxy) is 1. The molecule has 2 N–H and O–H groups in total. The van der Waals surface area contributed by atoms with Crippen molar-refractivity contribution in [1.29, 1.82) is 0 Å². The summed E-state index contributed by atoms with van der Waals surface area (Å²) in [6.07, 6.45) is -0.279. The normalized spacial score (nSPS) is 11.6. The number of aliphatic hydroxyl groups is 1. The molecule has 0 unspecified atom stereocenters. The number of rotatable bonds is 5. The lowest BCUT2D eigenvalue weighted by atomic mass is 10.2. The van der Waals surface area contributed by atoms with Crippen LogP contribution in [0.3, 0.4) is 0 Å². The number of carbonyl (C=O) groups excluding carboxylic acids is 2. The first-order valence-electron chi connectivity index (χ1n) is 4.79. The highest BCUT2D eigenvalue weighted by molar-refractivity contribution is 5.73. The third kappa shape index (κ3) is 4.10. The van der Waals surface area contributed by atoms with E-state index in [0.29, 0.717) is 6.29 Å². The Kier molecular flexibility index (Phi) is 5.01. The van der Waals surface area contributed by atoms with Gasteiger partial charge in [-0.2, -0.15) is 0 Å². The minimum Gasteiger partial charge on any atom is -0.445 e. The third-order valence-electron chi connectivity index (χ3n) is 1.88. The van der Waals surface area contributed by atoms with Gasteiger partial charge in [-0.25, -0.2) is 4.79 Å². The van der Waals surface area contributed by atoms with E-state index in [1.165, 1.54) is 0 Å². The summed E-state index contributed by atoms with van der Waals surface area (Å²) in [7, 11) is 0. The molecule has 5 nitrogen and oxygen atoms in total. The first-order chi connectivity index (χ1) is 7.76. The van der Waals surface area contributed by atoms with Gasteiger partial charge in [-0.1, -0.05) is 30.3 Å². The fraction of sp³-hybridized carbons (Fsp3) is 0.273. The summed E-state index contributed by atoms with van der Waals surface area (Å²) < 4.78 is 4.84. The maximum absolute atomic E-state index is 11.1. The number of hydrogen-bond acceptors (Lipinski definition) is 4. The number of nitrogens with one attached hydrogen (secondary N) is 1. The van der Waals surface area contributed by atoms with Crippen LogP contribution in [0.4, 0.5) is 4.79 Å². The summed E-state index contributed by atoms with van der Waals surface area (Å²) in [6, 6.07) is 8.24. The molecule has 0 aromatic heterocycles. The Bertz CT molecular complexity index is 339. The van der Waals surface area contributed by atoms with Crippen molar-refractivity contribution in [3.63, 3.8) is 0 Å². The van der Waals surface area contributed by atoms with Crippen LogP contribution in [0.5, 0.6) is 0 Å². The summed E-state index contributed by atoms with van der Waals surface area (Å²) in [6.45, 7) is -0.312. The molecule has 0 saturated heterocycles. The average molecular weight is 223 g/mol. The van der Waals surface area contributed by atoms with E-state index in [4.69, 9.17) is 9.84 Å². The number of alkyl carbamates (subject to hydrolysis) is 1. The molecule has 0 aliphatic rings. The largest absolute Gasteiger partial charge is 0.445 e. The lowest BCUT2D eigenvalue weighted by Gasteiger charge is -2.10. The van der Waals surface area contributed by atoms with Crippen molar-refractivity contribution in [1.82, 2.24) is 5.32 Å². The Morgan fingerprint density at radius 2 is 2.12 bits per heavy atom. The summed E-state index contributed by atoms with van der Waals surface area (Å²) >= 11 is 0. The maximum atomic E-state index is 11.1. The number of aliphatic hydroxyl groups excluding tert-OH is 1. The lowest BCUT2D eigenvalue weighted by molar-refractivity contribution is -0.110. The van der Waals surface area contributed by atoms with Crippen LogP contribution < -0.4 is 5.32 Å². The molecule has 16 heavy (non-hydrogen) atoms. The molecule has 1 amide bonds. The van der Waals surface area contributed by atoms with E-state index in [0.717, 1.165) is 5.56 Å². The summed E-state index contributed by atoms with van der Waals surface area (Å²) in [5.74, 6) is 0. The zero-order chi connectivity index (χ0) is 11.8. The smallest absolute Gasteiger partial charge is 0.408 e. The molecule has 86 valence electrons. The van der Waals surface area contributed by atoms with Crippen molar-refractivity contribution in [2.75, 3.05) is 6.61 Å². The van der Waals surface area contributed by atoms with Crippen LogP contribution in [0.15, 0.2) is 30.3 Å². The van der Waals surface area contributed by atoms with Crippen LogP contribution in [0.1, 0.15) is 5.56 Å². The number of carbonyl (C=O) groups is 2. The van der Waals surface area contributed by atoms with Gasteiger partial charge in [0, 0.05) is 0 Å². The predicted octanol–water partition coefficient (Wildman–Crippen LogP) is 0.473. The molecule has 0 radical (unpaired) electrons. The number of amides is 1. The average Bonchev–Trinajstić information content (AvgIpc) is 2.34. The van der Waals surface area contributed by atoms with Crippen molar-refractivity contribution in [2.45, 2.75) is 12.6 Å². The Labute approximate surface area is 93.0 Å². The van der Waals surface area contributed by atoms with Gasteiger partial charge in [-0.3, -0.25) is 0 Å².